The van der Waals surface area contributed by atoms with Crippen molar-refractivity contribution in [3.63, 3.8) is 0 Å². The van der Waals surface area contributed by atoms with Crippen LogP contribution in [-0.4, -0.2) is 19.6 Å². The van der Waals surface area contributed by atoms with Crippen molar-refractivity contribution in [2.45, 2.75) is 6.42 Å². The van der Waals surface area contributed by atoms with Crippen LogP contribution in [0.25, 0.3) is 5.57 Å². The van der Waals surface area contributed by atoms with E-state index in [-0.39, 0.29) is 0 Å². The molecule has 0 saturated heterocycles. The first-order valence-electron chi connectivity index (χ1n) is 4.76. The van der Waals surface area contributed by atoms with Crippen LogP contribution in [0.15, 0.2) is 30.8 Å². The quantitative estimate of drug-likeness (QED) is 0.596. The summed E-state index contributed by atoms with van der Waals surface area (Å²) in [6.45, 7) is 4.27. The molecular weight excluding hydrogens is 190 g/mol. The normalized spacial score (nSPS) is 9.73. The summed E-state index contributed by atoms with van der Waals surface area (Å²) < 4.78 is 4.63. The molecule has 1 aromatic rings. The Morgan fingerprint density at radius 3 is 2.73 bits per heavy atom. The van der Waals surface area contributed by atoms with Crippen LogP contribution < -0.4 is 5.73 Å². The lowest BCUT2D eigenvalue weighted by Gasteiger charge is -2.09. The van der Waals surface area contributed by atoms with Crippen molar-refractivity contribution in [1.82, 2.24) is 0 Å². The number of hydrogen-bond donors (Lipinski definition) is 1. The molecule has 0 aliphatic rings. The van der Waals surface area contributed by atoms with Crippen molar-refractivity contribution < 1.29 is 9.53 Å². The second-order valence-corrected chi connectivity index (χ2v) is 3.17. The highest BCUT2D eigenvalue weighted by atomic mass is 16.5. The van der Waals surface area contributed by atoms with Gasteiger partial charge >= 0.3 is 5.97 Å². The van der Waals surface area contributed by atoms with Gasteiger partial charge in [-0.1, -0.05) is 30.8 Å². The molecule has 0 fully saturated rings. The molecule has 3 nitrogen and oxygen atoms in total. The predicted molar refractivity (Wildman–Crippen MR) is 60.3 cm³/mol. The summed E-state index contributed by atoms with van der Waals surface area (Å²) in [5.74, 6) is -0.403. The Kier molecular flexibility index (Phi) is 4.06. The van der Waals surface area contributed by atoms with E-state index in [1.165, 1.54) is 7.11 Å². The molecule has 80 valence electrons. The Morgan fingerprint density at radius 1 is 1.47 bits per heavy atom. The van der Waals surface area contributed by atoms with Gasteiger partial charge in [-0.25, -0.2) is 4.79 Å². The van der Waals surface area contributed by atoms with E-state index in [1.54, 1.807) is 0 Å². The number of carbonyl (C=O) groups excluding carboxylic acids is 1. The number of benzene rings is 1. The largest absolute Gasteiger partial charge is 0.465 e. The highest BCUT2D eigenvalue weighted by molar-refractivity contribution is 6.15. The van der Waals surface area contributed by atoms with Gasteiger partial charge in [0.15, 0.2) is 0 Å². The minimum Gasteiger partial charge on any atom is -0.465 e. The van der Waals surface area contributed by atoms with E-state index in [2.05, 4.69) is 11.3 Å². The Bertz CT molecular complexity index is 372. The smallest absolute Gasteiger partial charge is 0.337 e. The highest BCUT2D eigenvalue weighted by Crippen LogP contribution is 2.18. The lowest BCUT2D eigenvalue weighted by molar-refractivity contribution is -0.133. The Morgan fingerprint density at radius 2 is 2.13 bits per heavy atom. The summed E-state index contributed by atoms with van der Waals surface area (Å²) in [6, 6.07) is 7.57. The number of ether oxygens (including phenoxy) is 1. The van der Waals surface area contributed by atoms with E-state index in [1.807, 2.05) is 24.3 Å². The van der Waals surface area contributed by atoms with Crippen LogP contribution in [0.4, 0.5) is 0 Å². The Balaban J connectivity index is 3.02. The van der Waals surface area contributed by atoms with Crippen molar-refractivity contribution >= 4 is 11.5 Å². The van der Waals surface area contributed by atoms with Crippen molar-refractivity contribution in [3.05, 3.63) is 42.0 Å². The van der Waals surface area contributed by atoms with Crippen LogP contribution in [-0.2, 0) is 16.0 Å². The van der Waals surface area contributed by atoms with Crippen molar-refractivity contribution in [2.24, 2.45) is 5.73 Å². The summed E-state index contributed by atoms with van der Waals surface area (Å²) in [7, 11) is 1.35. The monoisotopic (exact) mass is 205 g/mol. The standard InChI is InChI=1S/C12H15NO2/c1-9(12(14)15-2)11-6-4-3-5-10(11)7-8-13/h3-6H,1,7-8,13H2,2H3. The van der Waals surface area contributed by atoms with Crippen LogP contribution in [0.2, 0.25) is 0 Å². The van der Waals surface area contributed by atoms with E-state index < -0.39 is 5.97 Å². The molecule has 3 heteroatoms. The third-order valence-corrected chi connectivity index (χ3v) is 2.19. The molecule has 0 aromatic heterocycles. The molecule has 0 atom stereocenters. The molecule has 0 aliphatic carbocycles. The molecular formula is C12H15NO2. The number of methoxy groups -OCH3 is 1. The fraction of sp³-hybridized carbons (Fsp3) is 0.250. The number of nitrogens with two attached hydrogens (primary N) is 1. The Hall–Kier alpha value is -1.61. The van der Waals surface area contributed by atoms with Gasteiger partial charge < -0.3 is 10.5 Å². The summed E-state index contributed by atoms with van der Waals surface area (Å²) in [6.07, 6.45) is 0.728. The number of hydrogen-bond acceptors (Lipinski definition) is 3. The zero-order valence-corrected chi connectivity index (χ0v) is 8.82. The molecule has 1 rings (SSSR count). The fourth-order valence-electron chi connectivity index (χ4n) is 1.42. The third kappa shape index (κ3) is 2.67. The first-order chi connectivity index (χ1) is 7.20. The summed E-state index contributed by atoms with van der Waals surface area (Å²) in [4.78, 5) is 11.3. The van der Waals surface area contributed by atoms with Crippen molar-refractivity contribution in [3.8, 4) is 0 Å². The van der Waals surface area contributed by atoms with E-state index in [0.29, 0.717) is 12.1 Å². The SMILES string of the molecule is C=C(C(=O)OC)c1ccccc1CCN. The van der Waals surface area contributed by atoms with Gasteiger partial charge in [0, 0.05) is 0 Å². The van der Waals surface area contributed by atoms with E-state index >= 15 is 0 Å². The molecule has 15 heavy (non-hydrogen) atoms. The fourth-order valence-corrected chi connectivity index (χ4v) is 1.42. The zero-order valence-electron chi connectivity index (χ0n) is 8.82. The Labute approximate surface area is 89.5 Å². The number of esters is 1. The van der Waals surface area contributed by atoms with Gasteiger partial charge in [0.1, 0.15) is 0 Å². The maximum atomic E-state index is 11.3. The lowest BCUT2D eigenvalue weighted by atomic mass is 9.99. The highest BCUT2D eigenvalue weighted by Gasteiger charge is 2.12. The average Bonchev–Trinajstić information content (AvgIpc) is 2.28. The average molecular weight is 205 g/mol. The molecule has 0 aliphatic heterocycles. The maximum Gasteiger partial charge on any atom is 0.337 e. The second kappa shape index (κ2) is 5.32. The predicted octanol–water partition coefficient (Wildman–Crippen LogP) is 1.37. The molecule has 0 bridgehead atoms. The molecule has 0 radical (unpaired) electrons. The van der Waals surface area contributed by atoms with Crippen LogP contribution in [0, 0.1) is 0 Å². The zero-order chi connectivity index (χ0) is 11.3. The van der Waals surface area contributed by atoms with Gasteiger partial charge in [0.2, 0.25) is 0 Å². The molecule has 0 unspecified atom stereocenters. The molecule has 0 heterocycles. The van der Waals surface area contributed by atoms with Gasteiger partial charge in [0.25, 0.3) is 0 Å². The number of rotatable bonds is 4. The maximum absolute atomic E-state index is 11.3. The van der Waals surface area contributed by atoms with Gasteiger partial charge in [-0.15, -0.1) is 0 Å². The van der Waals surface area contributed by atoms with E-state index in [4.69, 9.17) is 5.73 Å². The summed E-state index contributed by atoms with van der Waals surface area (Å²) in [5, 5.41) is 0. The molecule has 0 amide bonds. The topological polar surface area (TPSA) is 52.3 Å². The first kappa shape index (κ1) is 11.5. The molecule has 0 spiro atoms. The van der Waals surface area contributed by atoms with E-state index in [0.717, 1.165) is 17.5 Å². The molecule has 1 aromatic carbocycles. The van der Waals surface area contributed by atoms with Crippen molar-refractivity contribution in [1.29, 1.82) is 0 Å². The third-order valence-electron chi connectivity index (χ3n) is 2.19. The minimum absolute atomic E-state index is 0.376. The van der Waals surface area contributed by atoms with Crippen molar-refractivity contribution in [2.75, 3.05) is 13.7 Å². The minimum atomic E-state index is -0.403. The van der Waals surface area contributed by atoms with Crippen LogP contribution >= 0.6 is 0 Å². The molecule has 2 N–H and O–H groups in total. The second-order valence-electron chi connectivity index (χ2n) is 3.17. The summed E-state index contributed by atoms with van der Waals surface area (Å²) in [5.41, 5.74) is 7.71. The van der Waals surface area contributed by atoms with E-state index in [9.17, 15) is 4.79 Å². The lowest BCUT2D eigenvalue weighted by Crippen LogP contribution is -2.08. The van der Waals surface area contributed by atoms with Gasteiger partial charge in [-0.2, -0.15) is 0 Å². The van der Waals surface area contributed by atoms with Gasteiger partial charge in [-0.05, 0) is 24.1 Å². The van der Waals surface area contributed by atoms with Gasteiger partial charge in [-0.3, -0.25) is 0 Å². The van der Waals surface area contributed by atoms with Crippen LogP contribution in [0.3, 0.4) is 0 Å². The first-order valence-corrected chi connectivity index (χ1v) is 4.76. The number of carbonyl (C=O) groups is 1. The van der Waals surface area contributed by atoms with Crippen LogP contribution in [0.1, 0.15) is 11.1 Å². The summed E-state index contributed by atoms with van der Waals surface area (Å²) >= 11 is 0. The molecule has 0 saturated carbocycles. The van der Waals surface area contributed by atoms with Gasteiger partial charge in [0.05, 0.1) is 12.7 Å². The van der Waals surface area contributed by atoms with Crippen LogP contribution in [0.5, 0.6) is 0 Å².